The fourth-order valence-corrected chi connectivity index (χ4v) is 4.56. The number of aromatic nitrogens is 2. The number of carbonyl (C=O) groups is 4. The Morgan fingerprint density at radius 3 is 2.03 bits per heavy atom. The lowest BCUT2D eigenvalue weighted by Gasteiger charge is -2.25. The molecule has 39 heavy (non-hydrogen) atoms. The largest absolute Gasteiger partial charge is 0.508 e. The number of nitrogens with one attached hydrogen (secondary N) is 4. The number of imidazole rings is 1. The predicted molar refractivity (Wildman–Crippen MR) is 152 cm³/mol. The molecule has 0 aliphatic carbocycles. The minimum Gasteiger partial charge on any atom is -0.508 e. The molecule has 2 aromatic rings. The summed E-state index contributed by atoms with van der Waals surface area (Å²) in [7, 11) is 0. The predicted octanol–water partition coefficient (Wildman–Crippen LogP) is 0.273. The number of carboxylic acid groups (broad SMARTS) is 1. The van der Waals surface area contributed by atoms with Crippen LogP contribution in [0.15, 0.2) is 36.8 Å². The van der Waals surface area contributed by atoms with Gasteiger partial charge < -0.3 is 36.9 Å². The summed E-state index contributed by atoms with van der Waals surface area (Å²) in [6.45, 7) is 0. The van der Waals surface area contributed by atoms with Crippen LogP contribution in [-0.2, 0) is 32.0 Å². The van der Waals surface area contributed by atoms with Crippen LogP contribution >= 0.6 is 23.5 Å². The van der Waals surface area contributed by atoms with E-state index in [1.54, 1.807) is 23.9 Å². The van der Waals surface area contributed by atoms with E-state index in [0.29, 0.717) is 29.2 Å². The second kappa shape index (κ2) is 16.7. The van der Waals surface area contributed by atoms with Crippen molar-refractivity contribution < 1.29 is 29.4 Å². The number of aromatic hydroxyl groups is 1. The highest BCUT2D eigenvalue weighted by Crippen LogP contribution is 2.13. The van der Waals surface area contributed by atoms with Crippen LogP contribution in [0.4, 0.5) is 0 Å². The Balaban J connectivity index is 2.26. The summed E-state index contributed by atoms with van der Waals surface area (Å²) in [4.78, 5) is 58.0. The number of thioether (sulfide) groups is 2. The van der Waals surface area contributed by atoms with E-state index < -0.39 is 47.9 Å². The van der Waals surface area contributed by atoms with Gasteiger partial charge in [-0.05, 0) is 54.6 Å². The van der Waals surface area contributed by atoms with Crippen molar-refractivity contribution in [3.63, 3.8) is 0 Å². The van der Waals surface area contributed by atoms with Crippen LogP contribution in [0.25, 0.3) is 0 Å². The molecule has 1 aromatic heterocycles. The number of carbonyl (C=O) groups excluding carboxylic acids is 3. The van der Waals surface area contributed by atoms with Gasteiger partial charge in [0, 0.05) is 24.7 Å². The number of H-pyrrole nitrogens is 1. The third-order valence-corrected chi connectivity index (χ3v) is 7.10. The minimum atomic E-state index is -1.18. The first-order valence-electron chi connectivity index (χ1n) is 12.3. The number of benzene rings is 1. The van der Waals surface area contributed by atoms with Gasteiger partial charge in [0.05, 0.1) is 12.4 Å². The number of hydrogen-bond donors (Lipinski definition) is 7. The number of phenolic OH excluding ortho intramolecular Hbond substituents is 1. The number of nitrogens with two attached hydrogens (primary N) is 1. The average Bonchev–Trinajstić information content (AvgIpc) is 3.42. The second-order valence-electron chi connectivity index (χ2n) is 8.84. The number of rotatable bonds is 17. The van der Waals surface area contributed by atoms with Crippen LogP contribution in [0.1, 0.15) is 24.1 Å². The van der Waals surface area contributed by atoms with E-state index in [9.17, 15) is 29.4 Å². The molecule has 8 N–H and O–H groups in total. The molecule has 4 unspecified atom stereocenters. The average molecular weight is 581 g/mol. The van der Waals surface area contributed by atoms with E-state index in [2.05, 4.69) is 25.9 Å². The summed E-state index contributed by atoms with van der Waals surface area (Å²) in [5, 5.41) is 27.0. The lowest BCUT2D eigenvalue weighted by atomic mass is 10.0. The zero-order valence-corrected chi connectivity index (χ0v) is 23.5. The van der Waals surface area contributed by atoms with Gasteiger partial charge in [-0.15, -0.1) is 0 Å². The molecule has 0 fully saturated rings. The standard InChI is InChI=1S/C25H36N6O6S2/c1-38-9-7-18(26)22(33)30-21(12-16-13-27-14-28-16)24(35)31-20(11-15-3-5-17(32)6-4-15)23(34)29-19(25(36)37)8-10-39-2/h3-6,13-14,18-21,32H,7-12,26H2,1-2H3,(H,27,28)(H,29,34)(H,30,33)(H,31,35)(H,36,37). The van der Waals surface area contributed by atoms with Crippen LogP contribution in [0.2, 0.25) is 0 Å². The van der Waals surface area contributed by atoms with Gasteiger partial charge in [0.2, 0.25) is 17.7 Å². The van der Waals surface area contributed by atoms with Gasteiger partial charge in [0.25, 0.3) is 0 Å². The quantitative estimate of drug-likeness (QED) is 0.136. The fraction of sp³-hybridized carbons (Fsp3) is 0.480. The number of phenols is 1. The summed E-state index contributed by atoms with van der Waals surface area (Å²) in [5.41, 5.74) is 7.19. The third kappa shape index (κ3) is 11.2. The van der Waals surface area contributed by atoms with Crippen molar-refractivity contribution in [2.75, 3.05) is 24.0 Å². The summed E-state index contributed by atoms with van der Waals surface area (Å²) >= 11 is 2.99. The minimum absolute atomic E-state index is 0.0185. The Bertz CT molecular complexity index is 1070. The Kier molecular flexibility index (Phi) is 13.7. The fourth-order valence-electron chi connectivity index (χ4n) is 3.59. The van der Waals surface area contributed by atoms with Crippen LogP contribution in [0.3, 0.4) is 0 Å². The zero-order valence-electron chi connectivity index (χ0n) is 21.9. The number of carboxylic acids is 1. The molecule has 14 heteroatoms. The number of aliphatic carboxylic acids is 1. The Hall–Kier alpha value is -3.23. The molecule has 0 radical (unpaired) electrons. The highest BCUT2D eigenvalue weighted by molar-refractivity contribution is 7.98. The molecular weight excluding hydrogens is 544 g/mol. The molecular formula is C25H36N6O6S2. The maximum Gasteiger partial charge on any atom is 0.326 e. The highest BCUT2D eigenvalue weighted by Gasteiger charge is 2.31. The van der Waals surface area contributed by atoms with Crippen molar-refractivity contribution in [3.05, 3.63) is 48.0 Å². The lowest BCUT2D eigenvalue weighted by Crippen LogP contribution is -2.58. The SMILES string of the molecule is CSCCC(N)C(=O)NC(Cc1cnc[nH]1)C(=O)NC(Cc1ccc(O)cc1)C(=O)NC(CCSC)C(=O)O. The zero-order chi connectivity index (χ0) is 28.8. The topological polar surface area (TPSA) is 200 Å². The van der Waals surface area contributed by atoms with Crippen molar-refractivity contribution in [1.82, 2.24) is 25.9 Å². The number of nitrogens with zero attached hydrogens (tertiary/aromatic N) is 1. The van der Waals surface area contributed by atoms with Gasteiger partial charge in [-0.1, -0.05) is 12.1 Å². The Morgan fingerprint density at radius 1 is 0.897 bits per heavy atom. The summed E-state index contributed by atoms with van der Waals surface area (Å²) in [6.07, 6.45) is 7.39. The smallest absolute Gasteiger partial charge is 0.326 e. The number of aromatic amines is 1. The van der Waals surface area contributed by atoms with E-state index in [-0.39, 0.29) is 25.0 Å². The van der Waals surface area contributed by atoms with Crippen LogP contribution in [-0.4, -0.2) is 92.1 Å². The molecule has 2 rings (SSSR count). The molecule has 1 heterocycles. The molecule has 0 saturated heterocycles. The van der Waals surface area contributed by atoms with E-state index in [1.807, 2.05) is 12.5 Å². The molecule has 0 aliphatic rings. The highest BCUT2D eigenvalue weighted by atomic mass is 32.2. The van der Waals surface area contributed by atoms with E-state index >= 15 is 0 Å². The monoisotopic (exact) mass is 580 g/mol. The van der Waals surface area contributed by atoms with Crippen LogP contribution < -0.4 is 21.7 Å². The summed E-state index contributed by atoms with van der Waals surface area (Å²) < 4.78 is 0. The first-order chi connectivity index (χ1) is 18.6. The molecule has 1 aromatic carbocycles. The molecule has 12 nitrogen and oxygen atoms in total. The van der Waals surface area contributed by atoms with Crippen molar-refractivity contribution in [1.29, 1.82) is 0 Å². The van der Waals surface area contributed by atoms with Gasteiger partial charge in [-0.25, -0.2) is 9.78 Å². The second-order valence-corrected chi connectivity index (χ2v) is 10.8. The Labute approximate surface area is 235 Å². The summed E-state index contributed by atoms with van der Waals surface area (Å²) in [5.74, 6) is -1.81. The molecule has 0 spiro atoms. The van der Waals surface area contributed by atoms with Crippen molar-refractivity contribution in [2.45, 2.75) is 49.9 Å². The van der Waals surface area contributed by atoms with E-state index in [0.717, 1.165) is 0 Å². The molecule has 0 saturated carbocycles. The van der Waals surface area contributed by atoms with E-state index in [1.165, 1.54) is 36.4 Å². The van der Waals surface area contributed by atoms with Gasteiger partial charge >= 0.3 is 5.97 Å². The first kappa shape index (κ1) is 32.0. The lowest BCUT2D eigenvalue weighted by molar-refractivity contribution is -0.142. The van der Waals surface area contributed by atoms with Crippen molar-refractivity contribution >= 4 is 47.2 Å². The van der Waals surface area contributed by atoms with Crippen molar-refractivity contribution in [2.24, 2.45) is 5.73 Å². The van der Waals surface area contributed by atoms with Crippen LogP contribution in [0, 0.1) is 0 Å². The van der Waals surface area contributed by atoms with Gasteiger partial charge in [-0.2, -0.15) is 23.5 Å². The van der Waals surface area contributed by atoms with Crippen LogP contribution in [0.5, 0.6) is 5.75 Å². The van der Waals surface area contributed by atoms with Gasteiger partial charge in [0.1, 0.15) is 23.9 Å². The summed E-state index contributed by atoms with van der Waals surface area (Å²) in [6, 6.07) is 1.88. The molecule has 0 bridgehead atoms. The first-order valence-corrected chi connectivity index (χ1v) is 15.1. The number of amides is 3. The molecule has 4 atom stereocenters. The Morgan fingerprint density at radius 2 is 1.46 bits per heavy atom. The number of hydrogen-bond acceptors (Lipinski definition) is 9. The molecule has 0 aliphatic heterocycles. The van der Waals surface area contributed by atoms with Crippen molar-refractivity contribution in [3.8, 4) is 5.75 Å². The normalized spacial score (nSPS) is 14.0. The van der Waals surface area contributed by atoms with Gasteiger partial charge in [-0.3, -0.25) is 14.4 Å². The van der Waals surface area contributed by atoms with E-state index in [4.69, 9.17) is 5.73 Å². The molecule has 214 valence electrons. The third-order valence-electron chi connectivity index (χ3n) is 5.82. The molecule has 3 amide bonds. The maximum atomic E-state index is 13.4. The maximum absolute atomic E-state index is 13.4. The van der Waals surface area contributed by atoms with Gasteiger partial charge in [0.15, 0.2) is 0 Å².